The molecule has 1 N–H and O–H groups in total. The fraction of sp³-hybridized carbons (Fsp3) is 0.250. The van der Waals surface area contributed by atoms with Crippen LogP contribution in [0.2, 0.25) is 0 Å². The molecule has 4 rings (SSSR count). The Balaban J connectivity index is 1.41. The summed E-state index contributed by atoms with van der Waals surface area (Å²) in [5, 5.41) is 0. The molecule has 9 heteroatoms. The molecule has 0 fully saturated rings. The predicted molar refractivity (Wildman–Crippen MR) is 104 cm³/mol. The molecule has 29 heavy (non-hydrogen) atoms. The average molecular weight is 418 g/mol. The van der Waals surface area contributed by atoms with Crippen molar-refractivity contribution >= 4 is 12.2 Å². The van der Waals surface area contributed by atoms with E-state index in [0.717, 1.165) is 48.4 Å². The van der Waals surface area contributed by atoms with Gasteiger partial charge >= 0.3 is 6.36 Å². The number of pyridine rings is 1. The summed E-state index contributed by atoms with van der Waals surface area (Å²) in [4.78, 5) is 14.1. The van der Waals surface area contributed by atoms with Gasteiger partial charge in [-0.3, -0.25) is 9.88 Å². The fourth-order valence-electron chi connectivity index (χ4n) is 3.31. The zero-order valence-electron chi connectivity index (χ0n) is 15.2. The molecule has 1 aliphatic heterocycles. The summed E-state index contributed by atoms with van der Waals surface area (Å²) in [6, 6.07) is 9.52. The third kappa shape index (κ3) is 4.99. The van der Waals surface area contributed by atoms with Crippen LogP contribution in [0.1, 0.15) is 16.8 Å². The van der Waals surface area contributed by atoms with E-state index in [4.69, 9.17) is 12.2 Å². The van der Waals surface area contributed by atoms with Crippen molar-refractivity contribution in [1.82, 2.24) is 19.9 Å². The van der Waals surface area contributed by atoms with Gasteiger partial charge in [-0.15, -0.1) is 13.2 Å². The minimum Gasteiger partial charge on any atom is -0.406 e. The van der Waals surface area contributed by atoms with Crippen LogP contribution in [0, 0.1) is 4.77 Å². The molecular formula is C20H17F3N4OS. The third-order valence-electron chi connectivity index (χ3n) is 4.67. The van der Waals surface area contributed by atoms with Crippen LogP contribution < -0.4 is 4.74 Å². The Kier molecular flexibility index (Phi) is 5.33. The van der Waals surface area contributed by atoms with Crippen LogP contribution in [0.5, 0.6) is 5.75 Å². The molecule has 3 heterocycles. The number of hydrogen-bond acceptors (Lipinski definition) is 5. The van der Waals surface area contributed by atoms with Crippen molar-refractivity contribution in [2.45, 2.75) is 25.9 Å². The lowest BCUT2D eigenvalue weighted by Gasteiger charge is -2.28. The average Bonchev–Trinajstić information content (AvgIpc) is 2.68. The molecule has 0 radical (unpaired) electrons. The largest absolute Gasteiger partial charge is 0.573 e. The highest BCUT2D eigenvalue weighted by molar-refractivity contribution is 7.71. The molecule has 1 aliphatic rings. The van der Waals surface area contributed by atoms with Gasteiger partial charge in [-0.1, -0.05) is 6.07 Å². The minimum atomic E-state index is -4.70. The number of halogens is 3. The van der Waals surface area contributed by atoms with E-state index in [1.807, 2.05) is 18.3 Å². The van der Waals surface area contributed by atoms with Gasteiger partial charge in [0.2, 0.25) is 0 Å². The number of nitrogens with zero attached hydrogens (tertiary/aromatic N) is 3. The van der Waals surface area contributed by atoms with Gasteiger partial charge in [0.15, 0.2) is 4.77 Å². The van der Waals surface area contributed by atoms with Crippen LogP contribution in [-0.4, -0.2) is 32.8 Å². The molecule has 0 amide bonds. The first-order valence-electron chi connectivity index (χ1n) is 8.96. The van der Waals surface area contributed by atoms with E-state index in [-0.39, 0.29) is 5.75 Å². The first-order valence-corrected chi connectivity index (χ1v) is 9.37. The lowest BCUT2D eigenvalue weighted by atomic mass is 10.1. The molecule has 0 bridgehead atoms. The maximum Gasteiger partial charge on any atom is 0.573 e. The van der Waals surface area contributed by atoms with E-state index in [9.17, 15) is 13.2 Å². The van der Waals surface area contributed by atoms with E-state index in [2.05, 4.69) is 24.6 Å². The number of benzene rings is 1. The first kappa shape index (κ1) is 19.5. The zero-order valence-corrected chi connectivity index (χ0v) is 16.1. The van der Waals surface area contributed by atoms with Crippen LogP contribution in [0.4, 0.5) is 13.2 Å². The van der Waals surface area contributed by atoms with Crippen molar-refractivity contribution in [1.29, 1.82) is 0 Å². The Morgan fingerprint density at radius 2 is 1.86 bits per heavy atom. The second-order valence-electron chi connectivity index (χ2n) is 6.78. The number of ether oxygens (including phenoxy) is 1. The molecule has 0 atom stereocenters. The third-order valence-corrected chi connectivity index (χ3v) is 4.88. The van der Waals surface area contributed by atoms with Gasteiger partial charge < -0.3 is 9.72 Å². The summed E-state index contributed by atoms with van der Waals surface area (Å²) in [5.74, 6) is -0.252. The standard InChI is InChI=1S/C20H17F3N4OS/c21-20(22,23)28-16-4-2-14(3-5-16)17-6-1-13(9-24-17)11-27-8-7-18-15(12-27)10-25-19(29)26-18/h1-6,9-10H,7-8,11-12H2,(H,25,26,29). The van der Waals surface area contributed by atoms with Crippen molar-refractivity contribution in [3.8, 4) is 17.0 Å². The number of nitrogens with one attached hydrogen (secondary N) is 1. The maximum atomic E-state index is 12.3. The summed E-state index contributed by atoms with van der Waals surface area (Å²) >= 11 is 5.07. The minimum absolute atomic E-state index is 0.252. The first-order chi connectivity index (χ1) is 13.9. The maximum absolute atomic E-state index is 12.3. The van der Waals surface area contributed by atoms with E-state index in [1.54, 1.807) is 18.3 Å². The second kappa shape index (κ2) is 7.92. The highest BCUT2D eigenvalue weighted by Crippen LogP contribution is 2.26. The van der Waals surface area contributed by atoms with Gasteiger partial charge in [0.1, 0.15) is 5.75 Å². The van der Waals surface area contributed by atoms with Gasteiger partial charge in [-0.25, -0.2) is 4.98 Å². The lowest BCUT2D eigenvalue weighted by Crippen LogP contribution is -2.30. The summed E-state index contributed by atoms with van der Waals surface area (Å²) in [6.07, 6.45) is -0.188. The Bertz CT molecular complexity index is 1050. The Labute approximate surface area is 170 Å². The number of aromatic amines is 1. The smallest absolute Gasteiger partial charge is 0.406 e. The van der Waals surface area contributed by atoms with Crippen molar-refractivity contribution < 1.29 is 17.9 Å². The van der Waals surface area contributed by atoms with E-state index < -0.39 is 6.36 Å². The van der Waals surface area contributed by atoms with Crippen molar-refractivity contribution in [3.05, 3.63) is 70.4 Å². The summed E-state index contributed by atoms with van der Waals surface area (Å²) < 4.78 is 41.2. The molecule has 1 aromatic carbocycles. The van der Waals surface area contributed by atoms with Gasteiger partial charge in [0.05, 0.1) is 5.69 Å². The van der Waals surface area contributed by atoms with E-state index >= 15 is 0 Å². The molecule has 2 aromatic heterocycles. The number of aromatic nitrogens is 3. The fourth-order valence-corrected chi connectivity index (χ4v) is 3.49. The molecule has 0 saturated carbocycles. The highest BCUT2D eigenvalue weighted by Gasteiger charge is 2.31. The van der Waals surface area contributed by atoms with Crippen molar-refractivity contribution in [3.63, 3.8) is 0 Å². The van der Waals surface area contributed by atoms with Crippen LogP contribution in [0.3, 0.4) is 0 Å². The van der Waals surface area contributed by atoms with Crippen molar-refractivity contribution in [2.75, 3.05) is 6.54 Å². The SMILES string of the molecule is FC(F)(F)Oc1ccc(-c2ccc(CN3CCc4[nH]c(=S)ncc4C3)cn2)cc1. The van der Waals surface area contributed by atoms with Gasteiger partial charge in [-0.2, -0.15) is 0 Å². The van der Waals surface area contributed by atoms with Crippen molar-refractivity contribution in [2.24, 2.45) is 0 Å². The van der Waals surface area contributed by atoms with E-state index in [1.165, 1.54) is 12.1 Å². The lowest BCUT2D eigenvalue weighted by molar-refractivity contribution is -0.274. The molecule has 150 valence electrons. The number of fused-ring (bicyclic) bond motifs is 1. The van der Waals surface area contributed by atoms with Crippen LogP contribution >= 0.6 is 12.2 Å². The molecule has 0 unspecified atom stereocenters. The number of alkyl halides is 3. The summed E-state index contributed by atoms with van der Waals surface area (Å²) in [7, 11) is 0. The topological polar surface area (TPSA) is 54.0 Å². The van der Waals surface area contributed by atoms with Crippen LogP contribution in [0.25, 0.3) is 11.3 Å². The van der Waals surface area contributed by atoms with Crippen LogP contribution in [-0.2, 0) is 19.5 Å². The zero-order chi connectivity index (χ0) is 20.4. The normalized spacial score (nSPS) is 14.4. The molecule has 0 spiro atoms. The quantitative estimate of drug-likeness (QED) is 0.625. The summed E-state index contributed by atoms with van der Waals surface area (Å²) in [6.45, 7) is 2.45. The molecule has 5 nitrogen and oxygen atoms in total. The molecule has 0 aliphatic carbocycles. The molecule has 3 aromatic rings. The number of H-pyrrole nitrogens is 1. The van der Waals surface area contributed by atoms with Gasteiger partial charge in [-0.05, 0) is 48.1 Å². The number of hydrogen-bond donors (Lipinski definition) is 1. The van der Waals surface area contributed by atoms with Crippen LogP contribution in [0.15, 0.2) is 48.8 Å². The summed E-state index contributed by atoms with van der Waals surface area (Å²) in [5.41, 5.74) is 4.77. The number of rotatable bonds is 4. The second-order valence-corrected chi connectivity index (χ2v) is 7.16. The predicted octanol–water partition coefficient (Wildman–Crippen LogP) is 4.66. The molecular weight excluding hydrogens is 401 g/mol. The monoisotopic (exact) mass is 418 g/mol. The van der Waals surface area contributed by atoms with Gasteiger partial charge in [0.25, 0.3) is 0 Å². The molecule has 0 saturated heterocycles. The Morgan fingerprint density at radius 1 is 1.07 bits per heavy atom. The Morgan fingerprint density at radius 3 is 2.55 bits per heavy atom. The van der Waals surface area contributed by atoms with E-state index in [0.29, 0.717) is 10.5 Å². The highest BCUT2D eigenvalue weighted by atomic mass is 32.1. The Hall–Kier alpha value is -2.78. The van der Waals surface area contributed by atoms with Gasteiger partial charge in [0, 0.05) is 55.3 Å².